The molecule has 3 aromatic heterocycles. The fourth-order valence-electron chi connectivity index (χ4n) is 8.22. The number of aryl methyl sites for hydroxylation is 4. The Balaban J connectivity index is 1.17. The minimum atomic E-state index is -0.690. The number of nitrogens with two attached hydrogens (primary N) is 2. The Morgan fingerprint density at radius 3 is 1.76 bits per heavy atom. The van der Waals surface area contributed by atoms with E-state index in [4.69, 9.17) is 40.4 Å². The first kappa shape index (κ1) is 47.7. The lowest BCUT2D eigenvalue weighted by atomic mass is 9.93. The molecular weight excluding hydrogens is 895 g/mol. The molecule has 70 heavy (non-hydrogen) atoms. The lowest BCUT2D eigenvalue weighted by Crippen LogP contribution is -2.34. The highest BCUT2D eigenvalue weighted by atomic mass is 16.5. The van der Waals surface area contributed by atoms with E-state index in [1.165, 1.54) is 0 Å². The quantitative estimate of drug-likeness (QED) is 0.0606. The van der Waals surface area contributed by atoms with Crippen LogP contribution in [0, 0.1) is 13.8 Å². The van der Waals surface area contributed by atoms with E-state index in [1.807, 2.05) is 81.5 Å². The second-order valence-electron chi connectivity index (χ2n) is 16.4. The molecule has 19 nitrogen and oxygen atoms in total. The second-order valence-corrected chi connectivity index (χ2v) is 16.4. The molecule has 4 heterocycles. The molecular formula is C51H53N11O8. The summed E-state index contributed by atoms with van der Waals surface area (Å²) in [6, 6.07) is 24.4. The van der Waals surface area contributed by atoms with Crippen LogP contribution in [-0.2, 0) is 32.8 Å². The lowest BCUT2D eigenvalue weighted by molar-refractivity contribution is 0.0962. The molecule has 4 aromatic carbocycles. The number of imidazole rings is 1. The summed E-state index contributed by atoms with van der Waals surface area (Å²) in [6.45, 7) is 8.71. The van der Waals surface area contributed by atoms with Gasteiger partial charge < -0.3 is 40.3 Å². The van der Waals surface area contributed by atoms with Gasteiger partial charge in [0.2, 0.25) is 17.8 Å². The van der Waals surface area contributed by atoms with E-state index >= 15 is 0 Å². The number of fused-ring (bicyclic) bond motifs is 2. The predicted molar refractivity (Wildman–Crippen MR) is 262 cm³/mol. The maximum absolute atomic E-state index is 14.0. The van der Waals surface area contributed by atoms with Crippen LogP contribution in [0.2, 0.25) is 0 Å². The minimum Gasteiger partial charge on any atom is -0.497 e. The topological polar surface area (TPSA) is 247 Å². The summed E-state index contributed by atoms with van der Waals surface area (Å²) in [5.41, 5.74) is 17.5. The van der Waals surface area contributed by atoms with Crippen molar-refractivity contribution in [3.8, 4) is 23.0 Å². The largest absolute Gasteiger partial charge is 0.497 e. The molecule has 19 heteroatoms. The van der Waals surface area contributed by atoms with E-state index in [0.717, 1.165) is 11.1 Å². The molecule has 0 saturated carbocycles. The van der Waals surface area contributed by atoms with Crippen molar-refractivity contribution in [2.75, 3.05) is 19.5 Å². The van der Waals surface area contributed by atoms with Crippen LogP contribution >= 0.6 is 0 Å². The van der Waals surface area contributed by atoms with Gasteiger partial charge in [-0.3, -0.25) is 33.9 Å². The number of allylic oxidation sites excluding steroid dienone is 2. The number of anilines is 1. The Morgan fingerprint density at radius 2 is 1.21 bits per heavy atom. The second kappa shape index (κ2) is 20.6. The minimum absolute atomic E-state index is 0.118. The first-order valence-corrected chi connectivity index (χ1v) is 22.6. The molecule has 0 aliphatic carbocycles. The van der Waals surface area contributed by atoms with E-state index < -0.39 is 29.5 Å². The number of aliphatic imine (C=N–C) groups is 1. The Morgan fingerprint density at radius 1 is 0.686 bits per heavy atom. The average Bonchev–Trinajstić information content (AvgIpc) is 4.13. The Hall–Kier alpha value is -8.74. The van der Waals surface area contributed by atoms with Crippen LogP contribution in [0.3, 0.4) is 0 Å². The monoisotopic (exact) mass is 947 g/mol. The molecule has 0 bridgehead atoms. The van der Waals surface area contributed by atoms with Gasteiger partial charge in [-0.25, -0.2) is 9.98 Å². The van der Waals surface area contributed by atoms with E-state index in [1.54, 1.807) is 71.5 Å². The molecule has 360 valence electrons. The summed E-state index contributed by atoms with van der Waals surface area (Å²) in [4.78, 5) is 63.0. The number of nitrogens with zero attached hydrogens (tertiary/aromatic N) is 7. The van der Waals surface area contributed by atoms with Gasteiger partial charge in [-0.1, -0.05) is 36.4 Å². The summed E-state index contributed by atoms with van der Waals surface area (Å²) in [6.07, 6.45) is 4.08. The van der Waals surface area contributed by atoms with Crippen LogP contribution in [0.1, 0.15) is 96.0 Å². The van der Waals surface area contributed by atoms with E-state index in [0.29, 0.717) is 87.0 Å². The molecule has 8 rings (SSSR count). The van der Waals surface area contributed by atoms with Crippen LogP contribution in [0.25, 0.3) is 11.0 Å². The van der Waals surface area contributed by atoms with E-state index in [2.05, 4.69) is 20.8 Å². The van der Waals surface area contributed by atoms with Crippen LogP contribution in [0.4, 0.5) is 11.6 Å². The Labute approximate surface area is 403 Å². The van der Waals surface area contributed by atoms with Gasteiger partial charge in [-0.05, 0) is 106 Å². The van der Waals surface area contributed by atoms with E-state index in [9.17, 15) is 19.2 Å². The van der Waals surface area contributed by atoms with Crippen LogP contribution < -0.4 is 41.0 Å². The van der Waals surface area contributed by atoms with Crippen molar-refractivity contribution >= 4 is 52.1 Å². The van der Waals surface area contributed by atoms with Gasteiger partial charge in [0.1, 0.15) is 59.0 Å². The zero-order valence-electron chi connectivity index (χ0n) is 39.6. The SMILES string of the molecule is CCn1nc(C)cc1C(=O)NC1=Nc2cc(C(N)=O)cc(OCc3ccc(OC)cc3)c2C1C/C=C/Cn1c(NC(=O)c2cc(C)nn2CC)nc2cc(C(N)=O)cc(OCc3ccc(OC)cc3)c21. The van der Waals surface area contributed by atoms with Gasteiger partial charge in [0.05, 0.1) is 42.7 Å². The number of nitrogens with one attached hydrogen (secondary N) is 2. The number of methoxy groups -OCH3 is 2. The normalized spacial score (nSPS) is 13.0. The first-order valence-electron chi connectivity index (χ1n) is 22.6. The molecule has 1 atom stereocenters. The van der Waals surface area contributed by atoms with Crippen LogP contribution in [-0.4, -0.2) is 72.8 Å². The number of rotatable bonds is 19. The summed E-state index contributed by atoms with van der Waals surface area (Å²) < 4.78 is 28.5. The zero-order chi connectivity index (χ0) is 49.6. The van der Waals surface area contributed by atoms with Crippen molar-refractivity contribution < 1.29 is 38.1 Å². The first-order chi connectivity index (χ1) is 33.8. The van der Waals surface area contributed by atoms with Crippen molar-refractivity contribution in [3.05, 3.63) is 148 Å². The number of ether oxygens (including phenoxy) is 4. The van der Waals surface area contributed by atoms with Crippen LogP contribution in [0.15, 0.2) is 102 Å². The molecule has 0 fully saturated rings. The van der Waals surface area contributed by atoms with Crippen molar-refractivity contribution in [1.29, 1.82) is 0 Å². The maximum atomic E-state index is 14.0. The third kappa shape index (κ3) is 10.2. The smallest absolute Gasteiger partial charge is 0.276 e. The standard InChI is InChI=1S/C51H53N11O8/c1-7-61-40(21-29(3)58-61)49(65)56-48-37(44-38(54-48)23-33(46(52)63)25-42(44)69-27-31-12-16-35(67-5)17-13-31)11-9-10-20-60-45-39(55-51(60)57-50(66)41-22-30(4)59-62(41)8-2)24-34(47(53)64)26-43(45)70-28-32-14-18-36(68-6)19-15-32/h9-10,12-19,21-26,37H,7-8,11,20,27-28H2,1-6H3,(H2,52,63)(H2,53,64)(H,54,56,65)(H,55,57,66)/b10-9+. The highest BCUT2D eigenvalue weighted by Crippen LogP contribution is 2.44. The number of amidine groups is 1. The molecule has 1 unspecified atom stereocenters. The summed E-state index contributed by atoms with van der Waals surface area (Å²) in [5, 5.41) is 14.9. The van der Waals surface area contributed by atoms with Crippen molar-refractivity contribution in [3.63, 3.8) is 0 Å². The maximum Gasteiger partial charge on any atom is 0.276 e. The molecule has 1 aliphatic rings. The van der Waals surface area contributed by atoms with Crippen molar-refractivity contribution in [2.45, 2.75) is 72.9 Å². The molecule has 7 aromatic rings. The number of aromatic nitrogens is 6. The molecule has 6 N–H and O–H groups in total. The molecule has 0 radical (unpaired) electrons. The van der Waals surface area contributed by atoms with Crippen LogP contribution in [0.5, 0.6) is 23.0 Å². The number of carbonyl (C=O) groups excluding carboxylic acids is 4. The Bertz CT molecular complexity index is 3180. The fourth-order valence-corrected chi connectivity index (χ4v) is 8.22. The highest BCUT2D eigenvalue weighted by molar-refractivity contribution is 6.11. The average molecular weight is 948 g/mol. The Kier molecular flexibility index (Phi) is 14.1. The third-order valence-electron chi connectivity index (χ3n) is 11.7. The summed E-state index contributed by atoms with van der Waals surface area (Å²) >= 11 is 0. The van der Waals surface area contributed by atoms with Crippen molar-refractivity contribution in [1.82, 2.24) is 34.4 Å². The molecule has 0 spiro atoms. The number of benzene rings is 4. The highest BCUT2D eigenvalue weighted by Gasteiger charge is 2.33. The van der Waals surface area contributed by atoms with Gasteiger partial charge in [-0.15, -0.1) is 0 Å². The summed E-state index contributed by atoms with van der Waals surface area (Å²) in [5.74, 6) is -0.308. The fraction of sp³-hybridized carbons (Fsp3) is 0.255. The number of primary amides is 2. The van der Waals surface area contributed by atoms with Crippen molar-refractivity contribution in [2.24, 2.45) is 16.5 Å². The molecule has 1 aliphatic heterocycles. The van der Waals surface area contributed by atoms with Gasteiger partial charge in [-0.2, -0.15) is 10.2 Å². The molecule has 4 amide bonds. The van der Waals surface area contributed by atoms with Gasteiger partial charge in [0.15, 0.2) is 0 Å². The van der Waals surface area contributed by atoms with Gasteiger partial charge in [0.25, 0.3) is 11.8 Å². The number of carbonyl (C=O) groups is 4. The lowest BCUT2D eigenvalue weighted by Gasteiger charge is -2.18. The third-order valence-corrected chi connectivity index (χ3v) is 11.7. The number of amides is 4. The zero-order valence-corrected chi connectivity index (χ0v) is 39.6. The molecule has 0 saturated heterocycles. The van der Waals surface area contributed by atoms with E-state index in [-0.39, 0.29) is 43.3 Å². The number of hydrogen-bond acceptors (Lipinski definition) is 12. The van der Waals surface area contributed by atoms with Gasteiger partial charge in [0, 0.05) is 36.3 Å². The summed E-state index contributed by atoms with van der Waals surface area (Å²) in [7, 11) is 3.17. The number of hydrogen-bond donors (Lipinski definition) is 4. The van der Waals surface area contributed by atoms with Gasteiger partial charge >= 0.3 is 0 Å². The predicted octanol–water partition coefficient (Wildman–Crippen LogP) is 6.91.